The van der Waals surface area contributed by atoms with E-state index in [1.165, 1.54) is 11.3 Å². The van der Waals surface area contributed by atoms with Gasteiger partial charge in [-0.05, 0) is 18.2 Å². The number of thiazole rings is 1. The summed E-state index contributed by atoms with van der Waals surface area (Å²) in [6.07, 6.45) is 0.0248. The molecule has 0 spiro atoms. The molecule has 2 aromatic rings. The SMILES string of the molecule is O=C(NCC1CNCCO1)c1cccc(OCc2cscn2)c1. The van der Waals surface area contributed by atoms with Gasteiger partial charge < -0.3 is 20.1 Å². The Hall–Kier alpha value is -1.96. The summed E-state index contributed by atoms with van der Waals surface area (Å²) in [6, 6.07) is 7.15. The molecule has 6 nitrogen and oxygen atoms in total. The zero-order chi connectivity index (χ0) is 15.9. The zero-order valence-electron chi connectivity index (χ0n) is 12.7. The lowest BCUT2D eigenvalue weighted by Crippen LogP contribution is -2.45. The van der Waals surface area contributed by atoms with Crippen LogP contribution in [-0.2, 0) is 11.3 Å². The maximum atomic E-state index is 12.2. The van der Waals surface area contributed by atoms with Crippen LogP contribution in [0.15, 0.2) is 35.2 Å². The Balaban J connectivity index is 1.52. The number of nitrogens with one attached hydrogen (secondary N) is 2. The van der Waals surface area contributed by atoms with E-state index in [0.29, 0.717) is 31.1 Å². The Bertz CT molecular complexity index is 627. The molecule has 122 valence electrons. The van der Waals surface area contributed by atoms with E-state index in [1.807, 2.05) is 17.5 Å². The zero-order valence-corrected chi connectivity index (χ0v) is 13.5. The van der Waals surface area contributed by atoms with Crippen molar-refractivity contribution in [2.24, 2.45) is 0 Å². The molecule has 1 atom stereocenters. The molecule has 7 heteroatoms. The number of aromatic nitrogens is 1. The number of nitrogens with zero attached hydrogens (tertiary/aromatic N) is 1. The van der Waals surface area contributed by atoms with Gasteiger partial charge in [-0.3, -0.25) is 4.79 Å². The molecule has 0 aliphatic carbocycles. The fourth-order valence-corrected chi connectivity index (χ4v) is 2.80. The van der Waals surface area contributed by atoms with Gasteiger partial charge in [0.25, 0.3) is 5.91 Å². The number of rotatable bonds is 6. The van der Waals surface area contributed by atoms with Gasteiger partial charge in [0.05, 0.1) is 23.9 Å². The molecule has 2 heterocycles. The topological polar surface area (TPSA) is 72.5 Å². The Labute approximate surface area is 138 Å². The van der Waals surface area contributed by atoms with E-state index in [-0.39, 0.29) is 12.0 Å². The molecule has 1 aliphatic rings. The largest absolute Gasteiger partial charge is 0.487 e. The van der Waals surface area contributed by atoms with Crippen molar-refractivity contribution in [3.63, 3.8) is 0 Å². The molecule has 1 amide bonds. The van der Waals surface area contributed by atoms with E-state index in [0.717, 1.165) is 18.8 Å². The molecule has 0 saturated carbocycles. The maximum Gasteiger partial charge on any atom is 0.251 e. The monoisotopic (exact) mass is 333 g/mol. The highest BCUT2D eigenvalue weighted by Crippen LogP contribution is 2.15. The van der Waals surface area contributed by atoms with E-state index < -0.39 is 0 Å². The van der Waals surface area contributed by atoms with E-state index in [1.54, 1.807) is 17.6 Å². The molecule has 1 fully saturated rings. The summed E-state index contributed by atoms with van der Waals surface area (Å²) in [5.41, 5.74) is 3.22. The van der Waals surface area contributed by atoms with Gasteiger partial charge in [-0.2, -0.15) is 0 Å². The average molecular weight is 333 g/mol. The standard InChI is InChI=1S/C16H19N3O3S/c20-16(18-8-15-7-17-4-5-21-15)12-2-1-3-14(6-12)22-9-13-10-23-11-19-13/h1-3,6,10-11,15,17H,4-5,7-9H2,(H,18,20). The van der Waals surface area contributed by atoms with Crippen LogP contribution in [0.4, 0.5) is 0 Å². The van der Waals surface area contributed by atoms with Crippen LogP contribution >= 0.6 is 11.3 Å². The van der Waals surface area contributed by atoms with Gasteiger partial charge in [-0.25, -0.2) is 4.98 Å². The Morgan fingerprint density at radius 3 is 3.26 bits per heavy atom. The predicted octanol–water partition coefficient (Wildman–Crippen LogP) is 1.44. The molecule has 2 N–H and O–H groups in total. The first-order valence-electron chi connectivity index (χ1n) is 7.52. The lowest BCUT2D eigenvalue weighted by molar-refractivity contribution is 0.0287. The highest BCUT2D eigenvalue weighted by atomic mass is 32.1. The fourth-order valence-electron chi connectivity index (χ4n) is 2.25. The number of morpholine rings is 1. The first-order valence-corrected chi connectivity index (χ1v) is 8.46. The van der Waals surface area contributed by atoms with Crippen LogP contribution in [0.5, 0.6) is 5.75 Å². The molecule has 3 rings (SSSR count). The molecule has 1 aliphatic heterocycles. The molecular formula is C16H19N3O3S. The summed E-state index contributed by atoms with van der Waals surface area (Å²) in [4.78, 5) is 16.4. The highest BCUT2D eigenvalue weighted by Gasteiger charge is 2.15. The minimum absolute atomic E-state index is 0.0248. The smallest absolute Gasteiger partial charge is 0.251 e. The second kappa shape index (κ2) is 8.05. The second-order valence-electron chi connectivity index (χ2n) is 5.20. The number of ether oxygens (including phenoxy) is 2. The van der Waals surface area contributed by atoms with Gasteiger partial charge in [0, 0.05) is 30.6 Å². The molecule has 0 radical (unpaired) electrons. The van der Waals surface area contributed by atoms with Crippen LogP contribution in [0.1, 0.15) is 16.1 Å². The second-order valence-corrected chi connectivity index (χ2v) is 5.92. The quantitative estimate of drug-likeness (QED) is 0.837. The fraction of sp³-hybridized carbons (Fsp3) is 0.375. The van der Waals surface area contributed by atoms with Crippen molar-refractivity contribution in [1.82, 2.24) is 15.6 Å². The minimum atomic E-state index is -0.127. The molecule has 1 aromatic carbocycles. The summed E-state index contributed by atoms with van der Waals surface area (Å²) in [5.74, 6) is 0.527. The third-order valence-corrected chi connectivity index (χ3v) is 4.10. The van der Waals surface area contributed by atoms with Gasteiger partial charge >= 0.3 is 0 Å². The Morgan fingerprint density at radius 1 is 1.52 bits per heavy atom. The molecule has 1 saturated heterocycles. The van der Waals surface area contributed by atoms with Crippen LogP contribution in [0.25, 0.3) is 0 Å². The molecule has 0 bridgehead atoms. The summed E-state index contributed by atoms with van der Waals surface area (Å²) < 4.78 is 11.2. The van der Waals surface area contributed by atoms with Gasteiger partial charge in [-0.15, -0.1) is 11.3 Å². The first kappa shape index (κ1) is 15.9. The predicted molar refractivity (Wildman–Crippen MR) is 87.8 cm³/mol. The number of amides is 1. The first-order chi connectivity index (χ1) is 11.3. The minimum Gasteiger partial charge on any atom is -0.487 e. The van der Waals surface area contributed by atoms with Crippen molar-refractivity contribution in [3.8, 4) is 5.75 Å². The normalized spacial score (nSPS) is 17.7. The highest BCUT2D eigenvalue weighted by molar-refractivity contribution is 7.07. The third kappa shape index (κ3) is 4.75. The van der Waals surface area contributed by atoms with Crippen LogP contribution in [0.3, 0.4) is 0 Å². The van der Waals surface area contributed by atoms with Gasteiger partial charge in [0.1, 0.15) is 12.4 Å². The third-order valence-electron chi connectivity index (χ3n) is 3.46. The number of carbonyl (C=O) groups is 1. The van der Waals surface area contributed by atoms with Crippen LogP contribution in [0, 0.1) is 0 Å². The Kier molecular flexibility index (Phi) is 5.57. The lowest BCUT2D eigenvalue weighted by atomic mass is 10.2. The van der Waals surface area contributed by atoms with E-state index in [2.05, 4.69) is 15.6 Å². The summed E-state index contributed by atoms with van der Waals surface area (Å²) >= 11 is 1.53. The average Bonchev–Trinajstić information content (AvgIpc) is 3.12. The number of benzene rings is 1. The molecule has 1 unspecified atom stereocenters. The maximum absolute atomic E-state index is 12.2. The van der Waals surface area contributed by atoms with Crippen molar-refractivity contribution < 1.29 is 14.3 Å². The van der Waals surface area contributed by atoms with E-state index in [9.17, 15) is 4.79 Å². The van der Waals surface area contributed by atoms with Crippen molar-refractivity contribution in [2.45, 2.75) is 12.7 Å². The van der Waals surface area contributed by atoms with Crippen molar-refractivity contribution >= 4 is 17.2 Å². The van der Waals surface area contributed by atoms with Gasteiger partial charge in [-0.1, -0.05) is 6.07 Å². The number of hydrogen-bond donors (Lipinski definition) is 2. The summed E-state index contributed by atoms with van der Waals surface area (Å²) in [7, 11) is 0. The van der Waals surface area contributed by atoms with Crippen molar-refractivity contribution in [3.05, 3.63) is 46.4 Å². The van der Waals surface area contributed by atoms with E-state index >= 15 is 0 Å². The van der Waals surface area contributed by atoms with Crippen LogP contribution in [-0.4, -0.2) is 43.2 Å². The lowest BCUT2D eigenvalue weighted by Gasteiger charge is -2.23. The van der Waals surface area contributed by atoms with Crippen molar-refractivity contribution in [1.29, 1.82) is 0 Å². The summed E-state index contributed by atoms with van der Waals surface area (Å²) in [6.45, 7) is 3.20. The molecule has 1 aromatic heterocycles. The summed E-state index contributed by atoms with van der Waals surface area (Å²) in [5, 5.41) is 8.07. The number of carbonyl (C=O) groups excluding carboxylic acids is 1. The molecule has 23 heavy (non-hydrogen) atoms. The number of hydrogen-bond acceptors (Lipinski definition) is 6. The van der Waals surface area contributed by atoms with Crippen LogP contribution in [0.2, 0.25) is 0 Å². The van der Waals surface area contributed by atoms with Gasteiger partial charge in [0.2, 0.25) is 0 Å². The van der Waals surface area contributed by atoms with Crippen LogP contribution < -0.4 is 15.4 Å². The Morgan fingerprint density at radius 2 is 2.48 bits per heavy atom. The van der Waals surface area contributed by atoms with E-state index in [4.69, 9.17) is 9.47 Å². The van der Waals surface area contributed by atoms with Gasteiger partial charge in [0.15, 0.2) is 0 Å². The van der Waals surface area contributed by atoms with Crippen molar-refractivity contribution in [2.75, 3.05) is 26.2 Å². The molecular weight excluding hydrogens is 314 g/mol.